The van der Waals surface area contributed by atoms with Gasteiger partial charge in [-0.15, -0.1) is 0 Å². The van der Waals surface area contributed by atoms with Crippen molar-refractivity contribution < 1.29 is 9.45 Å². The lowest BCUT2D eigenvalue weighted by atomic mass is 10.0. The summed E-state index contributed by atoms with van der Waals surface area (Å²) in [5.74, 6) is 0.552. The molecule has 0 heterocycles. The molecule has 2 aromatic carbocycles. The first-order valence-electron chi connectivity index (χ1n) is 5.86. The zero-order valence-corrected chi connectivity index (χ0v) is 10.5. The van der Waals surface area contributed by atoms with Crippen LogP contribution in [-0.2, 0) is 4.65 Å². The van der Waals surface area contributed by atoms with E-state index in [1.165, 1.54) is 6.08 Å². The van der Waals surface area contributed by atoms with Gasteiger partial charge in [-0.25, -0.2) is 0 Å². The van der Waals surface area contributed by atoms with E-state index < -0.39 is 0 Å². The van der Waals surface area contributed by atoms with Crippen molar-refractivity contribution in [2.45, 2.75) is 13.7 Å². The summed E-state index contributed by atoms with van der Waals surface area (Å²) >= 11 is 0. The second kappa shape index (κ2) is 5.54. The maximum absolute atomic E-state index is 12.0. The van der Waals surface area contributed by atoms with Gasteiger partial charge in [-0.3, -0.25) is 4.79 Å². The Morgan fingerprint density at radius 2 is 1.89 bits per heavy atom. The van der Waals surface area contributed by atoms with Gasteiger partial charge in [0.1, 0.15) is 0 Å². The van der Waals surface area contributed by atoms with Crippen molar-refractivity contribution in [1.82, 2.24) is 0 Å². The van der Waals surface area contributed by atoms with Crippen LogP contribution in [0.1, 0.15) is 17.3 Å². The molecule has 89 valence electrons. The molecular formula is C15H14BO2. The summed E-state index contributed by atoms with van der Waals surface area (Å²) in [6.45, 7) is 3.54. The summed E-state index contributed by atoms with van der Waals surface area (Å²) in [7, 11) is 1.56. The highest BCUT2D eigenvalue weighted by atomic mass is 16.4. The Morgan fingerprint density at radius 3 is 2.61 bits per heavy atom. The molecule has 2 nitrogen and oxygen atoms in total. The molecule has 0 saturated heterocycles. The summed E-state index contributed by atoms with van der Waals surface area (Å²) in [5.41, 5.74) is 0.674. The fraction of sp³-hybridized carbons (Fsp3) is 0.133. The summed E-state index contributed by atoms with van der Waals surface area (Å²) < 4.78 is 5.14. The van der Waals surface area contributed by atoms with E-state index in [1.807, 2.05) is 42.5 Å². The Kier molecular flexibility index (Phi) is 3.83. The lowest BCUT2D eigenvalue weighted by Gasteiger charge is -2.03. The number of fused-ring (bicyclic) bond motifs is 1. The minimum absolute atomic E-state index is 0.0416. The summed E-state index contributed by atoms with van der Waals surface area (Å²) in [5, 5.41) is 2.20. The van der Waals surface area contributed by atoms with E-state index in [1.54, 1.807) is 21.2 Å². The first kappa shape index (κ1) is 12.4. The van der Waals surface area contributed by atoms with E-state index in [0.29, 0.717) is 11.3 Å². The van der Waals surface area contributed by atoms with Crippen LogP contribution in [0, 0.1) is 0 Å². The van der Waals surface area contributed by atoms with Crippen LogP contribution in [0.15, 0.2) is 54.3 Å². The number of ketones is 1. The zero-order valence-electron chi connectivity index (χ0n) is 10.5. The Bertz CT molecular complexity index is 602. The second-order valence-corrected chi connectivity index (χ2v) is 4.03. The van der Waals surface area contributed by atoms with Gasteiger partial charge >= 0.3 is 7.48 Å². The van der Waals surface area contributed by atoms with E-state index in [9.17, 15) is 4.79 Å². The molecule has 0 aliphatic heterocycles. The molecule has 2 rings (SSSR count). The molecule has 0 bridgehead atoms. The molecule has 0 unspecified atom stereocenters. The van der Waals surface area contributed by atoms with Crippen molar-refractivity contribution in [1.29, 1.82) is 0 Å². The van der Waals surface area contributed by atoms with Crippen molar-refractivity contribution in [3.05, 3.63) is 59.9 Å². The largest absolute Gasteiger partial charge is 0.566 e. The van der Waals surface area contributed by atoms with Crippen LogP contribution >= 0.6 is 0 Å². The quantitative estimate of drug-likeness (QED) is 0.351. The predicted octanol–water partition coefficient (Wildman–Crippen LogP) is 3.61. The van der Waals surface area contributed by atoms with Crippen molar-refractivity contribution in [2.24, 2.45) is 0 Å². The van der Waals surface area contributed by atoms with Crippen LogP contribution < -0.4 is 0 Å². The van der Waals surface area contributed by atoms with Crippen molar-refractivity contribution >= 4 is 24.0 Å². The van der Waals surface area contributed by atoms with Crippen LogP contribution in [0.25, 0.3) is 10.8 Å². The molecule has 0 amide bonds. The number of carbonyl (C=O) groups is 1. The SMILES string of the molecule is C[B]O/C(C)=C\C(=O)c1ccc2ccccc2c1. The molecule has 0 fully saturated rings. The molecule has 3 heteroatoms. The number of benzene rings is 2. The Balaban J connectivity index is 2.31. The highest BCUT2D eigenvalue weighted by molar-refractivity contribution is 6.25. The monoisotopic (exact) mass is 237 g/mol. The van der Waals surface area contributed by atoms with Crippen LogP contribution in [0.4, 0.5) is 0 Å². The summed E-state index contributed by atoms with van der Waals surface area (Å²) in [6, 6.07) is 13.7. The third kappa shape index (κ3) is 2.80. The fourth-order valence-electron chi connectivity index (χ4n) is 1.83. The fourth-order valence-corrected chi connectivity index (χ4v) is 1.83. The first-order chi connectivity index (χ1) is 8.70. The van der Waals surface area contributed by atoms with E-state index in [-0.39, 0.29) is 5.78 Å². The van der Waals surface area contributed by atoms with Gasteiger partial charge in [0.25, 0.3) is 0 Å². The summed E-state index contributed by atoms with van der Waals surface area (Å²) in [4.78, 5) is 12.0. The lowest BCUT2D eigenvalue weighted by Crippen LogP contribution is -1.98. The van der Waals surface area contributed by atoms with Gasteiger partial charge in [0.2, 0.25) is 0 Å². The van der Waals surface area contributed by atoms with Gasteiger partial charge in [0.05, 0.1) is 5.76 Å². The molecule has 1 radical (unpaired) electrons. The number of rotatable bonds is 4. The standard InChI is InChI=1S/C15H14BO2/c1-11(18-16-2)9-15(17)14-8-7-12-5-3-4-6-13(12)10-14/h3-10H,1-2H3/b11-9-. The van der Waals surface area contributed by atoms with Crippen molar-refractivity contribution in [3.63, 3.8) is 0 Å². The van der Waals surface area contributed by atoms with Gasteiger partial charge in [-0.1, -0.05) is 43.2 Å². The second-order valence-electron chi connectivity index (χ2n) is 4.03. The normalized spacial score (nSPS) is 11.3. The number of hydrogen-bond donors (Lipinski definition) is 0. The molecule has 0 aliphatic carbocycles. The van der Waals surface area contributed by atoms with Gasteiger partial charge < -0.3 is 4.65 Å². The number of allylic oxidation sites excluding steroid dienone is 2. The Labute approximate surface area is 108 Å². The van der Waals surface area contributed by atoms with Gasteiger partial charge in [-0.2, -0.15) is 0 Å². The van der Waals surface area contributed by atoms with Crippen LogP contribution in [0.3, 0.4) is 0 Å². The predicted molar refractivity (Wildman–Crippen MR) is 74.7 cm³/mol. The molecule has 0 atom stereocenters. The topological polar surface area (TPSA) is 26.3 Å². The maximum Gasteiger partial charge on any atom is 0.366 e. The smallest absolute Gasteiger partial charge is 0.366 e. The highest BCUT2D eigenvalue weighted by Crippen LogP contribution is 2.16. The van der Waals surface area contributed by atoms with Crippen molar-refractivity contribution in [3.8, 4) is 0 Å². The first-order valence-corrected chi connectivity index (χ1v) is 5.86. The average Bonchev–Trinajstić information content (AvgIpc) is 2.38. The molecular weight excluding hydrogens is 223 g/mol. The third-order valence-corrected chi connectivity index (χ3v) is 2.67. The van der Waals surface area contributed by atoms with E-state index in [0.717, 1.165) is 10.8 Å². The minimum atomic E-state index is -0.0416. The van der Waals surface area contributed by atoms with E-state index in [2.05, 4.69) is 0 Å². The molecule has 0 saturated carbocycles. The van der Waals surface area contributed by atoms with Crippen molar-refractivity contribution in [2.75, 3.05) is 0 Å². The van der Waals surface area contributed by atoms with Crippen LogP contribution in [0.2, 0.25) is 6.82 Å². The molecule has 0 aliphatic rings. The van der Waals surface area contributed by atoms with Gasteiger partial charge in [0.15, 0.2) is 5.78 Å². The van der Waals surface area contributed by atoms with Crippen LogP contribution in [-0.4, -0.2) is 13.3 Å². The molecule has 0 N–H and O–H groups in total. The van der Waals surface area contributed by atoms with E-state index in [4.69, 9.17) is 4.65 Å². The minimum Gasteiger partial charge on any atom is -0.566 e. The van der Waals surface area contributed by atoms with E-state index >= 15 is 0 Å². The zero-order chi connectivity index (χ0) is 13.0. The van der Waals surface area contributed by atoms with Gasteiger partial charge in [0, 0.05) is 11.6 Å². The molecule has 2 aromatic rings. The third-order valence-electron chi connectivity index (χ3n) is 2.67. The summed E-state index contributed by atoms with van der Waals surface area (Å²) in [6.07, 6.45) is 1.50. The lowest BCUT2D eigenvalue weighted by molar-refractivity contribution is 0.104. The number of hydrogen-bond acceptors (Lipinski definition) is 2. The highest BCUT2D eigenvalue weighted by Gasteiger charge is 2.04. The van der Waals surface area contributed by atoms with Crippen LogP contribution in [0.5, 0.6) is 0 Å². The maximum atomic E-state index is 12.0. The Hall–Kier alpha value is -2.03. The Morgan fingerprint density at radius 1 is 1.17 bits per heavy atom. The number of carbonyl (C=O) groups excluding carboxylic acids is 1. The molecule has 18 heavy (non-hydrogen) atoms. The molecule has 0 spiro atoms. The average molecular weight is 237 g/mol. The van der Waals surface area contributed by atoms with Gasteiger partial charge in [-0.05, 0) is 23.8 Å². The molecule has 0 aromatic heterocycles.